The third-order valence-electron chi connectivity index (χ3n) is 4.70. The first-order valence-corrected chi connectivity index (χ1v) is 10.4. The third kappa shape index (κ3) is 11.4. The Labute approximate surface area is 177 Å². The first-order chi connectivity index (χ1) is 13.8. The topological polar surface area (TPSA) is 55.1 Å². The zero-order valence-electron chi connectivity index (χ0n) is 17.1. The Bertz CT molecular complexity index is 719. The summed E-state index contributed by atoms with van der Waals surface area (Å²) in [4.78, 5) is 9.58. The van der Waals surface area contributed by atoms with E-state index in [9.17, 15) is 13.6 Å². The number of nitrogen functional groups attached to an aromatic ring is 1. The molecule has 0 bridgehead atoms. The maximum absolute atomic E-state index is 13.0. The molecule has 3 rings (SSSR count). The van der Waals surface area contributed by atoms with E-state index < -0.39 is 0 Å². The highest BCUT2D eigenvalue weighted by atomic mass is 35.5. The van der Waals surface area contributed by atoms with Crippen molar-refractivity contribution in [2.45, 2.75) is 58.4 Å². The summed E-state index contributed by atoms with van der Waals surface area (Å²) in [6.45, 7) is 3.93. The molecule has 0 heterocycles. The lowest BCUT2D eigenvalue weighted by atomic mass is 9.84. The quantitative estimate of drug-likeness (QED) is 0.420. The second-order valence-electron chi connectivity index (χ2n) is 7.11. The van der Waals surface area contributed by atoms with Crippen LogP contribution >= 0.6 is 11.6 Å². The molecule has 2 aromatic carbocycles. The Hall–Kier alpha value is -2.14. The molecule has 6 heteroatoms. The lowest BCUT2D eigenvalue weighted by Gasteiger charge is -2.29. The van der Waals surface area contributed by atoms with Gasteiger partial charge in [-0.2, -0.15) is 0 Å². The highest BCUT2D eigenvalue weighted by Crippen LogP contribution is 2.28. The predicted octanol–water partition coefficient (Wildman–Crippen LogP) is 6.78. The summed E-state index contributed by atoms with van der Waals surface area (Å²) < 4.78 is 25.1. The monoisotopic (exact) mass is 424 g/mol. The van der Waals surface area contributed by atoms with Gasteiger partial charge in [-0.25, -0.2) is 8.78 Å². The maximum atomic E-state index is 13.0. The fourth-order valence-corrected chi connectivity index (χ4v) is 3.10. The molecule has 1 atom stereocenters. The minimum absolute atomic E-state index is 0.166. The molecule has 0 amide bonds. The third-order valence-corrected chi connectivity index (χ3v) is 4.97. The Balaban J connectivity index is 0.000000269. The van der Waals surface area contributed by atoms with Gasteiger partial charge in [-0.05, 0) is 73.7 Å². The summed E-state index contributed by atoms with van der Waals surface area (Å²) >= 11 is 4.82. The number of nitrogens with two attached hydrogens (primary N) is 1. The van der Waals surface area contributed by atoms with Gasteiger partial charge in [0.2, 0.25) is 5.24 Å². The number of hydrogen-bond acceptors (Lipinski definition) is 3. The second kappa shape index (κ2) is 13.9. The van der Waals surface area contributed by atoms with Gasteiger partial charge in [0.05, 0.1) is 0 Å². The molecule has 0 saturated heterocycles. The van der Waals surface area contributed by atoms with Crippen molar-refractivity contribution in [2.75, 3.05) is 11.1 Å². The molecule has 1 saturated carbocycles. The van der Waals surface area contributed by atoms with Gasteiger partial charge < -0.3 is 11.1 Å². The van der Waals surface area contributed by atoms with E-state index in [1.54, 1.807) is 31.2 Å². The highest BCUT2D eigenvalue weighted by molar-refractivity contribution is 6.63. The van der Waals surface area contributed by atoms with Crippen molar-refractivity contribution >= 4 is 28.2 Å². The summed E-state index contributed by atoms with van der Waals surface area (Å²) in [5.41, 5.74) is 6.58. The van der Waals surface area contributed by atoms with Crippen LogP contribution in [0.25, 0.3) is 0 Å². The van der Waals surface area contributed by atoms with Crippen LogP contribution in [0.4, 0.5) is 20.2 Å². The number of benzene rings is 2. The van der Waals surface area contributed by atoms with Gasteiger partial charge in [0.15, 0.2) is 0 Å². The zero-order valence-corrected chi connectivity index (χ0v) is 17.9. The number of nitrogens with one attached hydrogen (secondary N) is 1. The van der Waals surface area contributed by atoms with E-state index in [-0.39, 0.29) is 16.9 Å². The standard InChI is InChI=1S/C14H20FN.C6H6FN.C3H5ClO/c1-11(12-6-3-2-4-7-12)16-14-9-5-8-13(15)10-14;7-5-2-1-3-6(8)4-5;1-2-3(4)5/h5,8-12,16H,2-4,6-7H2,1H3;1-4H,8H2;2H2,1H3. The molecular formula is C23H31ClF2N2O. The fraction of sp³-hybridized carbons (Fsp3) is 0.435. The highest BCUT2D eigenvalue weighted by Gasteiger charge is 2.19. The van der Waals surface area contributed by atoms with Gasteiger partial charge in [0.1, 0.15) is 11.6 Å². The van der Waals surface area contributed by atoms with Crippen LogP contribution < -0.4 is 11.1 Å². The number of halogens is 3. The van der Waals surface area contributed by atoms with E-state index in [4.69, 9.17) is 17.3 Å². The number of hydrogen-bond donors (Lipinski definition) is 2. The summed E-state index contributed by atoms with van der Waals surface area (Å²) in [7, 11) is 0. The zero-order chi connectivity index (χ0) is 21.6. The lowest BCUT2D eigenvalue weighted by Crippen LogP contribution is -2.27. The van der Waals surface area contributed by atoms with E-state index in [0.717, 1.165) is 11.6 Å². The van der Waals surface area contributed by atoms with Crippen LogP contribution in [0.1, 0.15) is 52.4 Å². The average molecular weight is 425 g/mol. The molecule has 1 aliphatic carbocycles. The number of rotatable bonds is 4. The Kier molecular flexibility index (Phi) is 12.0. The van der Waals surface area contributed by atoms with Crippen LogP contribution in [0.2, 0.25) is 0 Å². The Morgan fingerprint density at radius 2 is 1.66 bits per heavy atom. The van der Waals surface area contributed by atoms with Crippen molar-refractivity contribution in [3.05, 3.63) is 60.2 Å². The van der Waals surface area contributed by atoms with Crippen LogP contribution in [-0.4, -0.2) is 11.3 Å². The SMILES string of the molecule is CC(Nc1cccc(F)c1)C1CCCCC1.CCC(=O)Cl.Nc1cccc(F)c1. The fourth-order valence-electron chi connectivity index (χ4n) is 3.10. The van der Waals surface area contributed by atoms with E-state index in [2.05, 4.69) is 12.2 Å². The molecule has 0 radical (unpaired) electrons. The van der Waals surface area contributed by atoms with Gasteiger partial charge in [-0.3, -0.25) is 4.79 Å². The predicted molar refractivity (Wildman–Crippen MR) is 118 cm³/mol. The molecule has 2 aromatic rings. The Morgan fingerprint density at radius 3 is 2.10 bits per heavy atom. The average Bonchev–Trinajstić information content (AvgIpc) is 2.69. The molecule has 29 heavy (non-hydrogen) atoms. The van der Waals surface area contributed by atoms with Crippen LogP contribution in [0.15, 0.2) is 48.5 Å². The molecule has 1 fully saturated rings. The molecule has 1 aliphatic rings. The van der Waals surface area contributed by atoms with Crippen LogP contribution in [0.5, 0.6) is 0 Å². The molecule has 3 nitrogen and oxygen atoms in total. The molecule has 3 N–H and O–H groups in total. The van der Waals surface area contributed by atoms with Crippen LogP contribution in [0.3, 0.4) is 0 Å². The van der Waals surface area contributed by atoms with Gasteiger partial charge in [-0.1, -0.05) is 38.3 Å². The van der Waals surface area contributed by atoms with Gasteiger partial charge >= 0.3 is 0 Å². The Morgan fingerprint density at radius 1 is 1.10 bits per heavy atom. The van der Waals surface area contributed by atoms with Gasteiger partial charge in [0, 0.05) is 23.8 Å². The molecule has 0 aliphatic heterocycles. The maximum Gasteiger partial charge on any atom is 0.221 e. The van der Waals surface area contributed by atoms with Crippen molar-refractivity contribution in [2.24, 2.45) is 5.92 Å². The summed E-state index contributed by atoms with van der Waals surface area (Å²) in [5, 5.41) is 3.14. The molecule has 1 unspecified atom stereocenters. The number of carbonyl (C=O) groups excluding carboxylic acids is 1. The van der Waals surface area contributed by atoms with E-state index in [1.807, 2.05) is 6.07 Å². The van der Waals surface area contributed by atoms with Gasteiger partial charge in [-0.15, -0.1) is 0 Å². The molecule has 0 aromatic heterocycles. The van der Waals surface area contributed by atoms with Crippen LogP contribution in [0, 0.1) is 17.6 Å². The number of carbonyl (C=O) groups is 1. The van der Waals surface area contributed by atoms with Crippen molar-refractivity contribution in [1.82, 2.24) is 0 Å². The van der Waals surface area contributed by atoms with Crippen molar-refractivity contribution in [1.29, 1.82) is 0 Å². The number of anilines is 2. The summed E-state index contributed by atoms with van der Waals surface area (Å²) in [5.74, 6) is 0.294. The largest absolute Gasteiger partial charge is 0.399 e. The minimum atomic E-state index is -0.287. The first-order valence-electron chi connectivity index (χ1n) is 10.0. The molecular weight excluding hydrogens is 394 g/mol. The molecule has 0 spiro atoms. The summed E-state index contributed by atoms with van der Waals surface area (Å²) in [6.07, 6.45) is 7.12. The van der Waals surface area contributed by atoms with Gasteiger partial charge in [0.25, 0.3) is 0 Å². The van der Waals surface area contributed by atoms with Crippen molar-refractivity contribution in [3.8, 4) is 0 Å². The minimum Gasteiger partial charge on any atom is -0.399 e. The van der Waals surface area contributed by atoms with E-state index in [1.165, 1.54) is 50.3 Å². The lowest BCUT2D eigenvalue weighted by molar-refractivity contribution is -0.111. The van der Waals surface area contributed by atoms with Crippen LogP contribution in [-0.2, 0) is 4.79 Å². The molecule has 160 valence electrons. The van der Waals surface area contributed by atoms with E-state index >= 15 is 0 Å². The van der Waals surface area contributed by atoms with Crippen molar-refractivity contribution < 1.29 is 13.6 Å². The summed E-state index contributed by atoms with van der Waals surface area (Å²) in [6, 6.07) is 13.0. The second-order valence-corrected chi connectivity index (χ2v) is 7.53. The van der Waals surface area contributed by atoms with E-state index in [0.29, 0.717) is 18.2 Å². The van der Waals surface area contributed by atoms with Crippen molar-refractivity contribution in [3.63, 3.8) is 0 Å². The smallest absolute Gasteiger partial charge is 0.221 e. The normalized spacial score (nSPS) is 14.5. The first kappa shape index (κ1) is 24.9.